The lowest BCUT2D eigenvalue weighted by Gasteiger charge is -2.41. The summed E-state index contributed by atoms with van der Waals surface area (Å²) in [5.74, 6) is -9.02. The Morgan fingerprint density at radius 3 is 1.25 bits per heavy atom. The average molecular weight is 1150 g/mol. The summed E-state index contributed by atoms with van der Waals surface area (Å²) in [4.78, 5) is 167. The second-order valence-corrected chi connectivity index (χ2v) is 24.9. The van der Waals surface area contributed by atoms with Crippen molar-refractivity contribution in [3.63, 3.8) is 0 Å². The van der Waals surface area contributed by atoms with Crippen LogP contribution in [-0.4, -0.2) is 227 Å². The molecule has 464 valence electrons. The van der Waals surface area contributed by atoms with Gasteiger partial charge >= 0.3 is 0 Å². The smallest absolute Gasteiger partial charge is 0.246 e. The van der Waals surface area contributed by atoms with Gasteiger partial charge in [-0.3, -0.25) is 52.7 Å². The van der Waals surface area contributed by atoms with E-state index in [1.165, 1.54) is 94.6 Å². The Labute approximate surface area is 484 Å². The molecule has 0 bridgehead atoms. The molecule has 1 aliphatic heterocycles. The van der Waals surface area contributed by atoms with Crippen molar-refractivity contribution < 1.29 is 57.8 Å². The average Bonchev–Trinajstić information content (AvgIpc) is 3.36. The quantitative estimate of drug-likeness (QED) is 0.177. The number of nitrogens with zero attached hydrogens (tertiary/aromatic N) is 7. The predicted octanol–water partition coefficient (Wildman–Crippen LogP) is 2.08. The summed E-state index contributed by atoms with van der Waals surface area (Å²) in [7, 11) is 9.86. The fourth-order valence-electron chi connectivity index (χ4n) is 10.2. The Bertz CT molecular complexity index is 2190. The van der Waals surface area contributed by atoms with Crippen molar-refractivity contribution in [2.75, 3.05) is 55.9 Å². The number of aliphatic hydroxyl groups excluding tert-OH is 1. The summed E-state index contributed by atoms with van der Waals surface area (Å²) in [5.41, 5.74) is 0. The summed E-state index contributed by atoms with van der Waals surface area (Å²) in [6.45, 7) is 27.2. The lowest BCUT2D eigenvalue weighted by atomic mass is 9.95. The van der Waals surface area contributed by atoms with Gasteiger partial charge in [0.25, 0.3) is 0 Å². The second kappa shape index (κ2) is 32.7. The Morgan fingerprint density at radius 2 is 0.815 bits per heavy atom. The monoisotopic (exact) mass is 1150 g/mol. The molecule has 0 saturated carbocycles. The number of amides is 11. The number of hydrogen-bond donors (Lipinski definition) is 5. The molecule has 23 nitrogen and oxygen atoms in total. The fourth-order valence-corrected chi connectivity index (χ4v) is 10.2. The molecular weight excluding hydrogens is 1040 g/mol. The number of carbonyl (C=O) groups excluding carboxylic acids is 11. The SMILES string of the molecule is CCC[C@@H]1NC(=O)[C@H]([C@@H](C)O)N(C)C(=O)[C@H](C(C)C)N(C)C(=O)[C@H](CC(C)C)N(C)C(=O)[C@H](CC(C)C)N(C)C(=O)[C@@H](C)NC(=O)[C@H](C)NC(=O)[C@H](CC(C)C)N(C)C(=O)[C@H](C(C)C)NC(=O)[C@H](CC(C)C)N(C)C(=O)CN(C)C1=O. The maximum absolute atomic E-state index is 14.9. The molecule has 5 N–H and O–H groups in total. The first-order valence-corrected chi connectivity index (χ1v) is 29.0. The van der Waals surface area contributed by atoms with Crippen LogP contribution in [0.4, 0.5) is 0 Å². The van der Waals surface area contributed by atoms with Crippen molar-refractivity contribution in [3.05, 3.63) is 0 Å². The first-order chi connectivity index (χ1) is 37.3. The van der Waals surface area contributed by atoms with Crippen LogP contribution in [0.25, 0.3) is 0 Å². The zero-order valence-corrected chi connectivity index (χ0v) is 53.3. The van der Waals surface area contributed by atoms with Crippen LogP contribution < -0.4 is 21.3 Å². The Kier molecular flexibility index (Phi) is 29.5. The van der Waals surface area contributed by atoms with E-state index in [0.717, 1.165) is 9.80 Å². The van der Waals surface area contributed by atoms with Gasteiger partial charge in [0.15, 0.2) is 0 Å². The standard InChI is InChI=1S/C58H105N11O12/c1-24-25-40-54(77)63(17)30-45(71)64(18)41(26-31(2)3)51(74)62-46(35(10)11)57(80)65(19)42(27-32(4)5)50(73)59-37(14)49(72)60-38(15)53(76)66(20)43(28-33(6)7)55(78)67(21)44(29-34(8)9)56(79)68(22)47(36(12)13)58(81)69(23)48(39(16)70)52(75)61-40/h31-44,46-48,70H,24-30H2,1-23H3,(H,59,73)(H,60,72)(H,61,75)(H,62,74)/t37-,38+,39+,40-,41-,42-,43-,44-,46-,47-,48-/m0/s1. The van der Waals surface area contributed by atoms with Crippen molar-refractivity contribution in [1.82, 2.24) is 55.6 Å². The van der Waals surface area contributed by atoms with Crippen molar-refractivity contribution in [3.8, 4) is 0 Å². The number of hydrogen-bond acceptors (Lipinski definition) is 12. The van der Waals surface area contributed by atoms with Gasteiger partial charge in [-0.15, -0.1) is 0 Å². The number of likely N-dealkylation sites (N-methyl/N-ethyl adjacent to an activating group) is 7. The lowest BCUT2D eigenvalue weighted by Crippen LogP contribution is -2.63. The van der Waals surface area contributed by atoms with E-state index in [4.69, 9.17) is 0 Å². The van der Waals surface area contributed by atoms with Crippen molar-refractivity contribution >= 4 is 65.0 Å². The molecule has 0 aromatic heterocycles. The molecule has 11 amide bonds. The van der Waals surface area contributed by atoms with Crippen LogP contribution in [-0.2, 0) is 52.7 Å². The minimum atomic E-state index is -1.57. The summed E-state index contributed by atoms with van der Waals surface area (Å²) in [6, 6.07) is -12.2. The molecule has 1 saturated heterocycles. The molecular formula is C58H105N11O12. The van der Waals surface area contributed by atoms with Crippen LogP contribution in [0.2, 0.25) is 0 Å². The molecule has 0 aliphatic carbocycles. The minimum absolute atomic E-state index is 0.102. The summed E-state index contributed by atoms with van der Waals surface area (Å²) < 4.78 is 0. The first-order valence-electron chi connectivity index (χ1n) is 29.0. The molecule has 23 heteroatoms. The van der Waals surface area contributed by atoms with Gasteiger partial charge in [0.1, 0.15) is 60.4 Å². The van der Waals surface area contributed by atoms with Gasteiger partial charge in [0, 0.05) is 49.3 Å². The highest BCUT2D eigenvalue weighted by Gasteiger charge is 2.44. The normalized spacial score (nSPS) is 27.1. The van der Waals surface area contributed by atoms with E-state index >= 15 is 0 Å². The first kappa shape index (κ1) is 73.1. The molecule has 1 fully saturated rings. The van der Waals surface area contributed by atoms with Crippen molar-refractivity contribution in [2.24, 2.45) is 35.5 Å². The van der Waals surface area contributed by atoms with Crippen LogP contribution >= 0.6 is 0 Å². The molecule has 1 heterocycles. The van der Waals surface area contributed by atoms with Crippen molar-refractivity contribution in [2.45, 2.75) is 216 Å². The van der Waals surface area contributed by atoms with Gasteiger partial charge in [-0.2, -0.15) is 0 Å². The molecule has 0 unspecified atom stereocenters. The van der Waals surface area contributed by atoms with Crippen LogP contribution in [0.1, 0.15) is 149 Å². The van der Waals surface area contributed by atoms with Crippen LogP contribution in [0.5, 0.6) is 0 Å². The van der Waals surface area contributed by atoms with E-state index in [1.807, 2.05) is 55.4 Å². The Morgan fingerprint density at radius 1 is 0.420 bits per heavy atom. The molecule has 81 heavy (non-hydrogen) atoms. The number of aliphatic hydroxyl groups is 1. The molecule has 1 rings (SSSR count). The molecule has 1 aliphatic rings. The third-order valence-electron chi connectivity index (χ3n) is 15.1. The van der Waals surface area contributed by atoms with Gasteiger partial charge < -0.3 is 60.7 Å². The molecule has 11 atom stereocenters. The van der Waals surface area contributed by atoms with E-state index in [1.54, 1.807) is 34.6 Å². The van der Waals surface area contributed by atoms with E-state index in [0.29, 0.717) is 6.42 Å². The predicted molar refractivity (Wildman–Crippen MR) is 310 cm³/mol. The van der Waals surface area contributed by atoms with Crippen LogP contribution in [0.15, 0.2) is 0 Å². The van der Waals surface area contributed by atoms with E-state index in [-0.39, 0.29) is 55.8 Å². The highest BCUT2D eigenvalue weighted by molar-refractivity contribution is 5.99. The van der Waals surface area contributed by atoms with Crippen LogP contribution in [0, 0.1) is 35.5 Å². The number of nitrogens with one attached hydrogen (secondary N) is 4. The van der Waals surface area contributed by atoms with Gasteiger partial charge in [0.2, 0.25) is 65.0 Å². The summed E-state index contributed by atoms with van der Waals surface area (Å²) in [5, 5.41) is 22.1. The second-order valence-electron chi connectivity index (χ2n) is 24.9. The fraction of sp³-hybridized carbons (Fsp3) is 0.810. The maximum Gasteiger partial charge on any atom is 0.246 e. The molecule has 0 radical (unpaired) electrons. The summed E-state index contributed by atoms with van der Waals surface area (Å²) >= 11 is 0. The van der Waals surface area contributed by atoms with E-state index < -0.39 is 150 Å². The Balaban J connectivity index is 4.21. The zero-order chi connectivity index (χ0) is 63.0. The third kappa shape index (κ3) is 20.5. The van der Waals surface area contributed by atoms with Gasteiger partial charge in [0.05, 0.1) is 12.6 Å². The van der Waals surface area contributed by atoms with Crippen LogP contribution in [0.3, 0.4) is 0 Å². The van der Waals surface area contributed by atoms with Crippen molar-refractivity contribution in [1.29, 1.82) is 0 Å². The topological polar surface area (TPSA) is 279 Å². The molecule has 0 spiro atoms. The molecule has 0 aromatic carbocycles. The van der Waals surface area contributed by atoms with E-state index in [2.05, 4.69) is 21.3 Å². The highest BCUT2D eigenvalue weighted by atomic mass is 16.3. The van der Waals surface area contributed by atoms with E-state index in [9.17, 15) is 57.8 Å². The minimum Gasteiger partial charge on any atom is -0.391 e. The maximum atomic E-state index is 14.9. The largest absolute Gasteiger partial charge is 0.391 e. The molecule has 0 aromatic rings. The lowest BCUT2D eigenvalue weighted by molar-refractivity contribution is -0.157. The number of carbonyl (C=O) groups is 11. The van der Waals surface area contributed by atoms with Gasteiger partial charge in [-0.05, 0) is 88.4 Å². The summed E-state index contributed by atoms with van der Waals surface area (Å²) in [6.07, 6.45) is -0.352. The van der Waals surface area contributed by atoms with Gasteiger partial charge in [-0.25, -0.2) is 0 Å². The number of rotatable bonds is 13. The van der Waals surface area contributed by atoms with Gasteiger partial charge in [-0.1, -0.05) is 96.4 Å². The highest BCUT2D eigenvalue weighted by Crippen LogP contribution is 2.24. The zero-order valence-electron chi connectivity index (χ0n) is 53.3. The Hall–Kier alpha value is -5.87. The third-order valence-corrected chi connectivity index (χ3v) is 15.1.